The molecule has 0 radical (unpaired) electrons. The molecule has 0 unspecified atom stereocenters. The fourth-order valence-corrected chi connectivity index (χ4v) is 5.57. The summed E-state index contributed by atoms with van der Waals surface area (Å²) in [4.78, 5) is 19.7. The molecule has 0 atom stereocenters. The second kappa shape index (κ2) is 11.0. The van der Waals surface area contributed by atoms with Crippen molar-refractivity contribution in [3.8, 4) is 0 Å². The molecule has 184 valence electrons. The van der Waals surface area contributed by atoms with Crippen molar-refractivity contribution in [1.82, 2.24) is 9.80 Å². The van der Waals surface area contributed by atoms with Crippen molar-refractivity contribution in [2.45, 2.75) is 35.7 Å². The van der Waals surface area contributed by atoms with Gasteiger partial charge in [0.1, 0.15) is 6.61 Å². The summed E-state index contributed by atoms with van der Waals surface area (Å²) in [7, 11) is 0. The van der Waals surface area contributed by atoms with E-state index < -0.39 is 11.7 Å². The third-order valence-corrected chi connectivity index (χ3v) is 7.33. The van der Waals surface area contributed by atoms with Gasteiger partial charge in [-0.05, 0) is 62.8 Å². The van der Waals surface area contributed by atoms with Crippen LogP contribution >= 0.6 is 11.8 Å². The lowest BCUT2D eigenvalue weighted by Crippen LogP contribution is -2.34. The minimum atomic E-state index is -4.37. The molecule has 0 N–H and O–H groups in total. The summed E-state index contributed by atoms with van der Waals surface area (Å²) in [6.45, 7) is 7.94. The number of hydrogen-bond acceptors (Lipinski definition) is 6. The Hall–Kier alpha value is -2.23. The monoisotopic (exact) mass is 493 g/mol. The second-order valence-corrected chi connectivity index (χ2v) is 9.72. The molecule has 0 bridgehead atoms. The zero-order valence-electron chi connectivity index (χ0n) is 19.3. The van der Waals surface area contributed by atoms with Gasteiger partial charge in [-0.2, -0.15) is 13.2 Å². The molecule has 0 aromatic heterocycles. The Bertz CT molecular complexity index is 1000. The number of benzene rings is 2. The molecule has 0 spiro atoms. The van der Waals surface area contributed by atoms with E-state index in [2.05, 4.69) is 9.80 Å². The number of carbonyl (C=O) groups is 1. The molecule has 2 heterocycles. The molecule has 1 fully saturated rings. The van der Waals surface area contributed by atoms with E-state index in [1.807, 2.05) is 29.2 Å². The first-order chi connectivity index (χ1) is 16.3. The Morgan fingerprint density at radius 2 is 1.65 bits per heavy atom. The Morgan fingerprint density at radius 3 is 2.38 bits per heavy atom. The van der Waals surface area contributed by atoms with Crippen molar-refractivity contribution in [3.05, 3.63) is 48.0 Å². The van der Waals surface area contributed by atoms with Gasteiger partial charge in [0.25, 0.3) is 0 Å². The van der Waals surface area contributed by atoms with Gasteiger partial charge in [0, 0.05) is 42.9 Å². The third kappa shape index (κ3) is 6.25. The van der Waals surface area contributed by atoms with E-state index in [4.69, 9.17) is 4.74 Å². The number of ether oxygens (including phenoxy) is 1. The van der Waals surface area contributed by atoms with Crippen molar-refractivity contribution >= 4 is 29.1 Å². The number of para-hydroxylation sites is 1. The molecule has 2 aliphatic rings. The van der Waals surface area contributed by atoms with Crippen LogP contribution in [0.5, 0.6) is 0 Å². The van der Waals surface area contributed by atoms with Gasteiger partial charge in [-0.15, -0.1) is 0 Å². The van der Waals surface area contributed by atoms with Crippen molar-refractivity contribution in [1.29, 1.82) is 0 Å². The van der Waals surface area contributed by atoms with Gasteiger partial charge in [0.15, 0.2) is 0 Å². The molecular formula is C25H30F3N3O2S. The van der Waals surface area contributed by atoms with Crippen LogP contribution in [0.3, 0.4) is 0 Å². The SMILES string of the molecule is CC(=O)OCCN1CCCN(CCCN2c3ccccc3Sc3ccc(C(F)(F)F)cc32)CC1. The second-order valence-electron chi connectivity index (χ2n) is 8.63. The van der Waals surface area contributed by atoms with Crippen LogP contribution in [-0.4, -0.2) is 68.2 Å². The molecule has 4 rings (SSSR count). The summed E-state index contributed by atoms with van der Waals surface area (Å²) >= 11 is 1.52. The van der Waals surface area contributed by atoms with Gasteiger partial charge in [-0.1, -0.05) is 23.9 Å². The smallest absolute Gasteiger partial charge is 0.416 e. The summed E-state index contributed by atoms with van der Waals surface area (Å²) in [5, 5.41) is 0. The molecule has 0 saturated carbocycles. The Labute approximate surface area is 202 Å². The molecule has 2 aromatic rings. The number of hydrogen-bond donors (Lipinski definition) is 0. The predicted octanol–water partition coefficient (Wildman–Crippen LogP) is 5.27. The van der Waals surface area contributed by atoms with E-state index in [9.17, 15) is 18.0 Å². The van der Waals surface area contributed by atoms with Gasteiger partial charge < -0.3 is 14.5 Å². The highest BCUT2D eigenvalue weighted by Gasteiger charge is 2.33. The van der Waals surface area contributed by atoms with E-state index in [0.29, 0.717) is 18.8 Å². The molecule has 9 heteroatoms. The maximum absolute atomic E-state index is 13.4. The molecule has 34 heavy (non-hydrogen) atoms. The first-order valence-corrected chi connectivity index (χ1v) is 12.5. The lowest BCUT2D eigenvalue weighted by atomic mass is 10.1. The van der Waals surface area contributed by atoms with E-state index in [0.717, 1.165) is 67.6 Å². The topological polar surface area (TPSA) is 36.0 Å². The van der Waals surface area contributed by atoms with Crippen LogP contribution in [-0.2, 0) is 15.7 Å². The first kappa shape index (κ1) is 24.9. The third-order valence-electron chi connectivity index (χ3n) is 6.20. The maximum Gasteiger partial charge on any atom is 0.416 e. The maximum atomic E-state index is 13.4. The van der Waals surface area contributed by atoms with Crippen LogP contribution in [0.15, 0.2) is 52.3 Å². The lowest BCUT2D eigenvalue weighted by Gasteiger charge is -2.34. The summed E-state index contributed by atoms with van der Waals surface area (Å²) in [6, 6.07) is 11.9. The average molecular weight is 494 g/mol. The Morgan fingerprint density at radius 1 is 0.941 bits per heavy atom. The number of rotatable bonds is 7. The van der Waals surface area contributed by atoms with Crippen molar-refractivity contribution in [3.63, 3.8) is 0 Å². The molecule has 0 aliphatic carbocycles. The minimum absolute atomic E-state index is 0.252. The van der Waals surface area contributed by atoms with Crippen LogP contribution in [0, 0.1) is 0 Å². The van der Waals surface area contributed by atoms with E-state index in [1.54, 1.807) is 6.07 Å². The standard InChI is InChI=1S/C25H30F3N3O2S/c1-19(32)33-17-16-30-11-4-10-29(14-15-30)12-5-13-31-21-6-2-3-7-23(21)34-24-9-8-20(18-22(24)31)25(26,27)28/h2-3,6-9,18H,4-5,10-17H2,1H3. The predicted molar refractivity (Wildman–Crippen MR) is 128 cm³/mol. The summed E-state index contributed by atoms with van der Waals surface area (Å²) in [6.07, 6.45) is -2.47. The highest BCUT2D eigenvalue weighted by molar-refractivity contribution is 7.99. The highest BCUT2D eigenvalue weighted by Crippen LogP contribution is 2.49. The number of anilines is 2. The van der Waals surface area contributed by atoms with E-state index in [1.165, 1.54) is 30.8 Å². The molecule has 1 saturated heterocycles. The van der Waals surface area contributed by atoms with Crippen molar-refractivity contribution in [2.75, 3.05) is 57.3 Å². The van der Waals surface area contributed by atoms with Crippen LogP contribution in [0.1, 0.15) is 25.3 Å². The number of carbonyl (C=O) groups excluding carboxylic acids is 1. The number of nitrogens with zero attached hydrogens (tertiary/aromatic N) is 3. The Kier molecular flexibility index (Phi) is 8.06. The van der Waals surface area contributed by atoms with E-state index in [-0.39, 0.29) is 5.97 Å². The lowest BCUT2D eigenvalue weighted by molar-refractivity contribution is -0.141. The van der Waals surface area contributed by atoms with Crippen molar-refractivity contribution in [2.24, 2.45) is 0 Å². The molecule has 2 aliphatic heterocycles. The number of alkyl halides is 3. The number of fused-ring (bicyclic) bond motifs is 2. The van der Waals surface area contributed by atoms with Crippen molar-refractivity contribution < 1.29 is 22.7 Å². The largest absolute Gasteiger partial charge is 0.465 e. The molecular weight excluding hydrogens is 463 g/mol. The van der Waals surface area contributed by atoms with Crippen LogP contribution < -0.4 is 4.90 Å². The number of esters is 1. The highest BCUT2D eigenvalue weighted by atomic mass is 32.2. The van der Waals surface area contributed by atoms with Gasteiger partial charge in [0.2, 0.25) is 0 Å². The first-order valence-electron chi connectivity index (χ1n) is 11.6. The summed E-state index contributed by atoms with van der Waals surface area (Å²) in [5.74, 6) is -0.252. The van der Waals surface area contributed by atoms with Crippen LogP contribution in [0.4, 0.5) is 24.5 Å². The average Bonchev–Trinajstić information content (AvgIpc) is 3.02. The molecule has 5 nitrogen and oxygen atoms in total. The fraction of sp³-hybridized carbons (Fsp3) is 0.480. The Balaban J connectivity index is 1.39. The van der Waals surface area contributed by atoms with Crippen LogP contribution in [0.25, 0.3) is 0 Å². The van der Waals surface area contributed by atoms with Gasteiger partial charge in [0.05, 0.1) is 16.9 Å². The fourth-order valence-electron chi connectivity index (χ4n) is 4.49. The minimum Gasteiger partial charge on any atom is -0.465 e. The zero-order chi connectivity index (χ0) is 24.1. The van der Waals surface area contributed by atoms with Gasteiger partial charge in [-0.3, -0.25) is 9.69 Å². The summed E-state index contributed by atoms with van der Waals surface area (Å²) < 4.78 is 45.3. The normalized spacial score (nSPS) is 17.1. The molecule has 2 aromatic carbocycles. The van der Waals surface area contributed by atoms with Crippen LogP contribution in [0.2, 0.25) is 0 Å². The van der Waals surface area contributed by atoms with Gasteiger partial charge in [-0.25, -0.2) is 0 Å². The quantitative estimate of drug-likeness (QED) is 0.489. The van der Waals surface area contributed by atoms with E-state index >= 15 is 0 Å². The zero-order valence-corrected chi connectivity index (χ0v) is 20.1. The summed E-state index contributed by atoms with van der Waals surface area (Å²) in [5.41, 5.74) is 0.982. The van der Waals surface area contributed by atoms with Gasteiger partial charge >= 0.3 is 12.1 Å². The molecule has 0 amide bonds. The number of halogens is 3.